The van der Waals surface area contributed by atoms with E-state index in [9.17, 15) is 4.79 Å². The Balaban J connectivity index is 2.83. The van der Waals surface area contributed by atoms with Crippen LogP contribution in [0.25, 0.3) is 0 Å². The predicted octanol–water partition coefficient (Wildman–Crippen LogP) is 0.437. The molecule has 90 valence electrons. The van der Waals surface area contributed by atoms with Gasteiger partial charge in [0.05, 0.1) is 0 Å². The quantitative estimate of drug-likeness (QED) is 0.788. The van der Waals surface area contributed by atoms with E-state index in [0.717, 1.165) is 13.0 Å². The zero-order chi connectivity index (χ0) is 12.1. The van der Waals surface area contributed by atoms with E-state index in [1.54, 1.807) is 17.0 Å². The monoisotopic (exact) mass is 224 g/mol. The Morgan fingerprint density at radius 2 is 2.31 bits per heavy atom. The van der Waals surface area contributed by atoms with Crippen molar-refractivity contribution in [1.29, 1.82) is 0 Å². The van der Waals surface area contributed by atoms with E-state index in [4.69, 9.17) is 5.73 Å². The van der Waals surface area contributed by atoms with E-state index in [0.29, 0.717) is 12.4 Å². The van der Waals surface area contributed by atoms with Crippen LogP contribution >= 0.6 is 0 Å². The van der Waals surface area contributed by atoms with E-state index >= 15 is 0 Å². The molecule has 1 aromatic heterocycles. The third-order valence-electron chi connectivity index (χ3n) is 2.52. The molecule has 0 saturated heterocycles. The molecule has 16 heavy (non-hydrogen) atoms. The van der Waals surface area contributed by atoms with Gasteiger partial charge in [0.1, 0.15) is 0 Å². The van der Waals surface area contributed by atoms with Crippen LogP contribution in [0.1, 0.15) is 20.3 Å². The summed E-state index contributed by atoms with van der Waals surface area (Å²) in [5.74, 6) is 0.491. The topological polar surface area (TPSA) is 64.2 Å². The fourth-order valence-electron chi connectivity index (χ4n) is 1.45. The molecule has 2 N–H and O–H groups in total. The molecule has 0 aliphatic heterocycles. The van der Waals surface area contributed by atoms with Crippen molar-refractivity contribution >= 4 is 5.82 Å². The lowest BCUT2D eigenvalue weighted by molar-refractivity contribution is 0.647. The molecule has 0 aromatic carbocycles. The fourth-order valence-corrected chi connectivity index (χ4v) is 1.45. The first kappa shape index (κ1) is 12.7. The van der Waals surface area contributed by atoms with E-state index < -0.39 is 0 Å². The van der Waals surface area contributed by atoms with Crippen molar-refractivity contribution in [2.24, 2.45) is 5.73 Å². The van der Waals surface area contributed by atoms with Gasteiger partial charge in [0.15, 0.2) is 5.82 Å². The lowest BCUT2D eigenvalue weighted by Gasteiger charge is -2.19. The van der Waals surface area contributed by atoms with Crippen LogP contribution in [-0.4, -0.2) is 29.2 Å². The number of hydrogen-bond donors (Lipinski definition) is 1. The molecule has 0 aliphatic rings. The van der Waals surface area contributed by atoms with E-state index in [2.05, 4.69) is 4.98 Å². The highest BCUT2D eigenvalue weighted by molar-refractivity contribution is 5.34. The molecule has 0 bridgehead atoms. The second kappa shape index (κ2) is 5.65. The number of rotatable bonds is 5. The van der Waals surface area contributed by atoms with Gasteiger partial charge in [0, 0.05) is 38.6 Å². The third kappa shape index (κ3) is 3.06. The summed E-state index contributed by atoms with van der Waals surface area (Å²) in [6, 6.07) is 0.138. The standard InChI is InChI=1S/C11H20N4O/c1-4-15-8-6-13-10(11(15)16)14(3)7-5-9(2)12/h6,8-9H,4-5,7,12H2,1-3H3. The second-order valence-corrected chi connectivity index (χ2v) is 4.03. The van der Waals surface area contributed by atoms with Crippen LogP contribution in [0.3, 0.4) is 0 Å². The summed E-state index contributed by atoms with van der Waals surface area (Å²) in [5.41, 5.74) is 5.64. The highest BCUT2D eigenvalue weighted by Gasteiger charge is 2.09. The molecule has 1 rings (SSSR count). The maximum absolute atomic E-state index is 11.9. The number of nitrogens with two attached hydrogens (primary N) is 1. The van der Waals surface area contributed by atoms with Crippen molar-refractivity contribution in [3.05, 3.63) is 22.7 Å². The molecule has 1 aromatic rings. The van der Waals surface area contributed by atoms with Gasteiger partial charge < -0.3 is 15.2 Å². The molecular formula is C11H20N4O. The highest BCUT2D eigenvalue weighted by atomic mass is 16.1. The Hall–Kier alpha value is -1.36. The van der Waals surface area contributed by atoms with Gasteiger partial charge in [-0.05, 0) is 20.3 Å². The Morgan fingerprint density at radius 3 is 2.88 bits per heavy atom. The number of nitrogens with zero attached hydrogens (tertiary/aromatic N) is 3. The summed E-state index contributed by atoms with van der Waals surface area (Å²) >= 11 is 0. The van der Waals surface area contributed by atoms with Gasteiger partial charge in [0.2, 0.25) is 0 Å². The van der Waals surface area contributed by atoms with E-state index in [-0.39, 0.29) is 11.6 Å². The lowest BCUT2D eigenvalue weighted by Crippen LogP contribution is -2.33. The molecule has 1 unspecified atom stereocenters. The van der Waals surface area contributed by atoms with Crippen LogP contribution in [-0.2, 0) is 6.54 Å². The SMILES string of the molecule is CCn1ccnc(N(C)CCC(C)N)c1=O. The largest absolute Gasteiger partial charge is 0.355 e. The first-order chi connectivity index (χ1) is 7.56. The summed E-state index contributed by atoms with van der Waals surface area (Å²) < 4.78 is 1.64. The minimum Gasteiger partial charge on any atom is -0.355 e. The first-order valence-electron chi connectivity index (χ1n) is 5.58. The zero-order valence-electron chi connectivity index (χ0n) is 10.2. The molecule has 1 heterocycles. The highest BCUT2D eigenvalue weighted by Crippen LogP contribution is 2.02. The first-order valence-corrected chi connectivity index (χ1v) is 5.58. The Bertz CT molecular complexity index is 386. The number of anilines is 1. The molecule has 0 radical (unpaired) electrons. The summed E-state index contributed by atoms with van der Waals surface area (Å²) in [7, 11) is 1.87. The molecule has 5 heteroatoms. The Morgan fingerprint density at radius 1 is 1.62 bits per heavy atom. The van der Waals surface area contributed by atoms with Gasteiger partial charge in [-0.2, -0.15) is 0 Å². The Labute approximate surface area is 95.9 Å². The molecule has 5 nitrogen and oxygen atoms in total. The van der Waals surface area contributed by atoms with E-state index in [1.807, 2.05) is 25.8 Å². The predicted molar refractivity (Wildman–Crippen MR) is 65.7 cm³/mol. The van der Waals surface area contributed by atoms with Crippen LogP contribution in [0.5, 0.6) is 0 Å². The third-order valence-corrected chi connectivity index (χ3v) is 2.52. The van der Waals surface area contributed by atoms with Crippen molar-refractivity contribution in [3.8, 4) is 0 Å². The zero-order valence-corrected chi connectivity index (χ0v) is 10.2. The number of aromatic nitrogens is 2. The summed E-state index contributed by atoms with van der Waals surface area (Å²) in [5, 5.41) is 0. The maximum atomic E-state index is 11.9. The Kier molecular flexibility index (Phi) is 4.49. The van der Waals surface area contributed by atoms with Crippen LogP contribution < -0.4 is 16.2 Å². The van der Waals surface area contributed by atoms with Gasteiger partial charge in [0.25, 0.3) is 5.56 Å². The molecule has 0 saturated carbocycles. The lowest BCUT2D eigenvalue weighted by atomic mass is 10.2. The van der Waals surface area contributed by atoms with Gasteiger partial charge in [-0.25, -0.2) is 4.98 Å². The molecule has 1 atom stereocenters. The van der Waals surface area contributed by atoms with Crippen LogP contribution in [0.2, 0.25) is 0 Å². The number of hydrogen-bond acceptors (Lipinski definition) is 4. The van der Waals surface area contributed by atoms with Crippen LogP contribution in [0, 0.1) is 0 Å². The molecule has 0 spiro atoms. The van der Waals surface area contributed by atoms with Crippen molar-refractivity contribution in [1.82, 2.24) is 9.55 Å². The van der Waals surface area contributed by atoms with Gasteiger partial charge in [-0.3, -0.25) is 4.79 Å². The molecule has 0 fully saturated rings. The average molecular weight is 224 g/mol. The average Bonchev–Trinajstić information content (AvgIpc) is 2.26. The van der Waals surface area contributed by atoms with Gasteiger partial charge >= 0.3 is 0 Å². The van der Waals surface area contributed by atoms with Crippen molar-refractivity contribution in [2.75, 3.05) is 18.5 Å². The normalized spacial score (nSPS) is 12.5. The summed E-state index contributed by atoms with van der Waals surface area (Å²) in [4.78, 5) is 17.9. The second-order valence-electron chi connectivity index (χ2n) is 4.03. The number of aryl methyl sites for hydroxylation is 1. The van der Waals surface area contributed by atoms with E-state index in [1.165, 1.54) is 0 Å². The summed E-state index contributed by atoms with van der Waals surface area (Å²) in [6.45, 7) is 5.30. The molecule has 0 aliphatic carbocycles. The minimum absolute atomic E-state index is 0.0443. The smallest absolute Gasteiger partial charge is 0.293 e. The van der Waals surface area contributed by atoms with Crippen molar-refractivity contribution in [2.45, 2.75) is 32.9 Å². The maximum Gasteiger partial charge on any atom is 0.293 e. The summed E-state index contributed by atoms with van der Waals surface area (Å²) in [6.07, 6.45) is 4.20. The van der Waals surface area contributed by atoms with Crippen LogP contribution in [0.15, 0.2) is 17.2 Å². The van der Waals surface area contributed by atoms with Crippen LogP contribution in [0.4, 0.5) is 5.82 Å². The molecule has 0 amide bonds. The van der Waals surface area contributed by atoms with Gasteiger partial charge in [-0.15, -0.1) is 0 Å². The van der Waals surface area contributed by atoms with Crippen molar-refractivity contribution < 1.29 is 0 Å². The van der Waals surface area contributed by atoms with Crippen molar-refractivity contribution in [3.63, 3.8) is 0 Å². The van der Waals surface area contributed by atoms with Gasteiger partial charge in [-0.1, -0.05) is 0 Å². The fraction of sp³-hybridized carbons (Fsp3) is 0.636. The molecular weight excluding hydrogens is 204 g/mol. The minimum atomic E-state index is -0.0443.